The fraction of sp³-hybridized carbons (Fsp3) is 0.353. The Balaban J connectivity index is 1.78. The highest BCUT2D eigenvalue weighted by molar-refractivity contribution is 5.86. The van der Waals surface area contributed by atoms with Crippen molar-refractivity contribution < 1.29 is 22.7 Å². The lowest BCUT2D eigenvalue weighted by molar-refractivity contribution is -0.154. The third-order valence-corrected chi connectivity index (χ3v) is 3.82. The fourth-order valence-electron chi connectivity index (χ4n) is 2.56. The fourth-order valence-corrected chi connectivity index (χ4v) is 2.56. The number of pyridine rings is 1. The minimum atomic E-state index is -4.44. The second kappa shape index (κ2) is 7.79. The summed E-state index contributed by atoms with van der Waals surface area (Å²) in [6.45, 7) is 0.349. The highest BCUT2D eigenvalue weighted by Crippen LogP contribution is 2.20. The third kappa shape index (κ3) is 4.72. The zero-order valence-corrected chi connectivity index (χ0v) is 15.1. The van der Waals surface area contributed by atoms with Crippen molar-refractivity contribution in [2.75, 3.05) is 13.7 Å². The van der Waals surface area contributed by atoms with E-state index in [1.54, 1.807) is 30.2 Å². The lowest BCUT2D eigenvalue weighted by Crippen LogP contribution is -2.20. The Bertz CT molecular complexity index is 1000. The van der Waals surface area contributed by atoms with Gasteiger partial charge in [0.2, 0.25) is 11.8 Å². The molecule has 8 nitrogen and oxygen atoms in total. The molecule has 3 aromatic rings. The van der Waals surface area contributed by atoms with Crippen molar-refractivity contribution >= 4 is 16.8 Å². The van der Waals surface area contributed by atoms with Crippen LogP contribution in [0.5, 0.6) is 5.88 Å². The van der Waals surface area contributed by atoms with Gasteiger partial charge in [-0.2, -0.15) is 18.3 Å². The van der Waals surface area contributed by atoms with Gasteiger partial charge in [0.1, 0.15) is 0 Å². The molecule has 148 valence electrons. The quantitative estimate of drug-likeness (QED) is 0.685. The van der Waals surface area contributed by atoms with Gasteiger partial charge in [0, 0.05) is 24.8 Å². The molecule has 28 heavy (non-hydrogen) atoms. The predicted molar refractivity (Wildman–Crippen MR) is 92.7 cm³/mol. The maximum atomic E-state index is 12.3. The Morgan fingerprint density at radius 1 is 1.32 bits per heavy atom. The average Bonchev–Trinajstić information content (AvgIpc) is 3.03. The number of amides is 1. The second-order valence-corrected chi connectivity index (χ2v) is 6.02. The number of ether oxygens (including phenoxy) is 1. The molecule has 0 unspecified atom stereocenters. The molecule has 3 rings (SSSR count). The zero-order chi connectivity index (χ0) is 20.3. The first-order chi connectivity index (χ1) is 13.2. The van der Waals surface area contributed by atoms with Crippen LogP contribution < -0.4 is 10.1 Å². The maximum Gasteiger partial charge on any atom is 0.422 e. The number of nitrogens with zero attached hydrogens (tertiary/aromatic N) is 5. The van der Waals surface area contributed by atoms with Gasteiger partial charge >= 0.3 is 6.18 Å². The van der Waals surface area contributed by atoms with E-state index in [1.165, 1.54) is 13.1 Å². The van der Waals surface area contributed by atoms with Crippen molar-refractivity contribution in [3.63, 3.8) is 0 Å². The van der Waals surface area contributed by atoms with Crippen LogP contribution in [0.2, 0.25) is 0 Å². The largest absolute Gasteiger partial charge is 0.467 e. The van der Waals surface area contributed by atoms with Crippen LogP contribution in [0.4, 0.5) is 13.2 Å². The highest BCUT2D eigenvalue weighted by Gasteiger charge is 2.29. The van der Waals surface area contributed by atoms with E-state index in [0.717, 1.165) is 5.39 Å². The molecule has 1 amide bonds. The van der Waals surface area contributed by atoms with E-state index < -0.39 is 12.8 Å². The van der Waals surface area contributed by atoms with Crippen LogP contribution in [0.15, 0.2) is 24.7 Å². The lowest BCUT2D eigenvalue weighted by Gasteiger charge is -2.10. The lowest BCUT2D eigenvalue weighted by atomic mass is 10.2. The number of fused-ring (bicyclic) bond motifs is 1. The molecule has 0 aliphatic rings. The van der Waals surface area contributed by atoms with Crippen molar-refractivity contribution in [1.29, 1.82) is 0 Å². The summed E-state index contributed by atoms with van der Waals surface area (Å²) in [5, 5.41) is 7.71. The number of halogens is 3. The summed E-state index contributed by atoms with van der Waals surface area (Å²) in [5.41, 5.74) is 2.02. The summed E-state index contributed by atoms with van der Waals surface area (Å²) >= 11 is 0. The van der Waals surface area contributed by atoms with Gasteiger partial charge in [-0.25, -0.2) is 9.97 Å². The van der Waals surface area contributed by atoms with Crippen molar-refractivity contribution in [3.05, 3.63) is 41.7 Å². The van der Waals surface area contributed by atoms with Crippen LogP contribution in [0.25, 0.3) is 10.9 Å². The number of carbonyl (C=O) groups excluding carboxylic acids is 1. The van der Waals surface area contributed by atoms with Crippen LogP contribution in [0, 0.1) is 6.92 Å². The van der Waals surface area contributed by atoms with E-state index in [2.05, 4.69) is 30.1 Å². The van der Waals surface area contributed by atoms with Crippen LogP contribution in [-0.4, -0.2) is 50.5 Å². The third-order valence-electron chi connectivity index (χ3n) is 3.82. The Morgan fingerprint density at radius 2 is 2.11 bits per heavy atom. The van der Waals surface area contributed by atoms with Crippen LogP contribution in [-0.2, 0) is 17.8 Å². The average molecular weight is 394 g/mol. The molecule has 0 atom stereocenters. The normalized spacial score (nSPS) is 11.6. The number of likely N-dealkylation sites (N-methyl/N-ethyl adjacent to an activating group) is 1. The molecule has 1 N–H and O–H groups in total. The summed E-state index contributed by atoms with van der Waals surface area (Å²) in [5.74, 6) is -0.326. The second-order valence-electron chi connectivity index (χ2n) is 6.02. The molecule has 0 aliphatic carbocycles. The Morgan fingerprint density at radius 3 is 2.79 bits per heavy atom. The van der Waals surface area contributed by atoms with Gasteiger partial charge in [-0.05, 0) is 13.0 Å². The van der Waals surface area contributed by atoms with Crippen molar-refractivity contribution in [2.24, 2.45) is 0 Å². The predicted octanol–water partition coefficient (Wildman–Crippen LogP) is 1.81. The number of alkyl halides is 3. The molecule has 0 bridgehead atoms. The molecule has 3 aromatic heterocycles. The molecule has 0 saturated heterocycles. The molecule has 0 spiro atoms. The number of rotatable bonds is 6. The first-order valence-electron chi connectivity index (χ1n) is 8.29. The minimum Gasteiger partial charge on any atom is -0.467 e. The summed E-state index contributed by atoms with van der Waals surface area (Å²) in [6, 6.07) is 1.73. The number of aromatic nitrogens is 5. The van der Waals surface area contributed by atoms with Gasteiger partial charge in [0.25, 0.3) is 0 Å². The number of aryl methyl sites for hydroxylation is 1. The SMILES string of the molecule is CNC(=O)Cc1nccc2nn(Cc3cnc(OCC(F)(F)F)c(C)n3)cc12. The van der Waals surface area contributed by atoms with E-state index >= 15 is 0 Å². The number of hydrogen-bond donors (Lipinski definition) is 1. The van der Waals surface area contributed by atoms with E-state index in [4.69, 9.17) is 0 Å². The van der Waals surface area contributed by atoms with Gasteiger partial charge in [-0.15, -0.1) is 0 Å². The number of nitrogens with one attached hydrogen (secondary N) is 1. The first kappa shape index (κ1) is 19.5. The van der Waals surface area contributed by atoms with Gasteiger partial charge in [-0.1, -0.05) is 0 Å². The molecule has 11 heteroatoms. The standard InChI is InChI=1S/C17H17F3N6O2/c1-10-16(28-9-17(18,19)20)23-6-11(24-10)7-26-8-12-13(25-26)3-4-22-14(12)5-15(27)21-2/h3-4,6,8H,5,7,9H2,1-2H3,(H,21,27). The van der Waals surface area contributed by atoms with Gasteiger partial charge in [-0.3, -0.25) is 14.5 Å². The molecule has 3 heterocycles. The summed E-state index contributed by atoms with van der Waals surface area (Å²) in [7, 11) is 1.55. The van der Waals surface area contributed by atoms with Gasteiger partial charge in [0.05, 0.1) is 41.8 Å². The molecule has 0 fully saturated rings. The van der Waals surface area contributed by atoms with Gasteiger partial charge in [0.15, 0.2) is 6.61 Å². The summed E-state index contributed by atoms with van der Waals surface area (Å²) in [6.07, 6.45) is 0.348. The van der Waals surface area contributed by atoms with Crippen molar-refractivity contribution in [3.8, 4) is 5.88 Å². The minimum absolute atomic E-state index is 0.129. The van der Waals surface area contributed by atoms with E-state index in [9.17, 15) is 18.0 Å². The van der Waals surface area contributed by atoms with Crippen molar-refractivity contribution in [2.45, 2.75) is 26.1 Å². The van der Waals surface area contributed by atoms with Crippen molar-refractivity contribution in [1.82, 2.24) is 30.0 Å². The number of carbonyl (C=O) groups is 1. The number of hydrogen-bond acceptors (Lipinski definition) is 6. The zero-order valence-electron chi connectivity index (χ0n) is 15.1. The Hall–Kier alpha value is -3.24. The van der Waals surface area contributed by atoms with Crippen LogP contribution in [0.1, 0.15) is 17.1 Å². The van der Waals surface area contributed by atoms with Crippen LogP contribution >= 0.6 is 0 Å². The molecule has 0 aromatic carbocycles. The maximum absolute atomic E-state index is 12.3. The smallest absolute Gasteiger partial charge is 0.422 e. The molecular weight excluding hydrogens is 377 g/mol. The summed E-state index contributed by atoms with van der Waals surface area (Å²) < 4.78 is 43.0. The van der Waals surface area contributed by atoms with E-state index in [-0.39, 0.29) is 30.4 Å². The molecule has 0 radical (unpaired) electrons. The summed E-state index contributed by atoms with van der Waals surface area (Å²) in [4.78, 5) is 24.0. The van der Waals surface area contributed by atoms with Gasteiger partial charge < -0.3 is 10.1 Å². The Labute approximate surface area is 157 Å². The Kier molecular flexibility index (Phi) is 5.43. The van der Waals surface area contributed by atoms with Crippen LogP contribution in [0.3, 0.4) is 0 Å². The molecule has 0 aliphatic heterocycles. The highest BCUT2D eigenvalue weighted by atomic mass is 19.4. The van der Waals surface area contributed by atoms with E-state index in [0.29, 0.717) is 16.9 Å². The molecular formula is C17H17F3N6O2. The monoisotopic (exact) mass is 394 g/mol. The molecule has 0 saturated carbocycles. The first-order valence-corrected chi connectivity index (χ1v) is 8.29. The van der Waals surface area contributed by atoms with E-state index in [1.807, 2.05) is 0 Å². The topological polar surface area (TPSA) is 94.8 Å².